The third-order valence-electron chi connectivity index (χ3n) is 4.43. The summed E-state index contributed by atoms with van der Waals surface area (Å²) in [6.45, 7) is 2.23. The summed E-state index contributed by atoms with van der Waals surface area (Å²) in [5, 5.41) is 2.74. The van der Waals surface area contributed by atoms with Crippen LogP contribution in [-0.2, 0) is 20.9 Å². The average Bonchev–Trinajstić information content (AvgIpc) is 3.22. The van der Waals surface area contributed by atoms with Gasteiger partial charge in [-0.3, -0.25) is 4.79 Å². The van der Waals surface area contributed by atoms with Gasteiger partial charge in [0.1, 0.15) is 0 Å². The number of hydrogen-bond donors (Lipinski definition) is 1. The lowest BCUT2D eigenvalue weighted by Gasteiger charge is -2.17. The molecule has 1 heterocycles. The van der Waals surface area contributed by atoms with Gasteiger partial charge in [-0.25, -0.2) is 4.79 Å². The van der Waals surface area contributed by atoms with E-state index in [0.29, 0.717) is 17.9 Å². The van der Waals surface area contributed by atoms with Gasteiger partial charge in [0, 0.05) is 31.6 Å². The minimum Gasteiger partial charge on any atom is -0.452 e. The van der Waals surface area contributed by atoms with Crippen LogP contribution in [0.25, 0.3) is 0 Å². The zero-order chi connectivity index (χ0) is 19.1. The maximum Gasteiger partial charge on any atom is 0.338 e. The summed E-state index contributed by atoms with van der Waals surface area (Å²) in [4.78, 5) is 26.5. The number of carbonyl (C=O) groups excluding carboxylic acids is 2. The summed E-state index contributed by atoms with van der Waals surface area (Å²) in [6, 6.07) is 14.7. The van der Waals surface area contributed by atoms with Gasteiger partial charge in [-0.2, -0.15) is 0 Å². The van der Waals surface area contributed by atoms with E-state index in [2.05, 4.69) is 10.2 Å². The lowest BCUT2D eigenvalue weighted by Crippen LogP contribution is -2.21. The number of esters is 1. The molecule has 1 aliphatic rings. The monoisotopic (exact) mass is 368 g/mol. The predicted molar refractivity (Wildman–Crippen MR) is 104 cm³/mol. The topological polar surface area (TPSA) is 67.9 Å². The van der Waals surface area contributed by atoms with Gasteiger partial charge >= 0.3 is 5.97 Å². The van der Waals surface area contributed by atoms with Crippen LogP contribution >= 0.6 is 0 Å². The van der Waals surface area contributed by atoms with E-state index in [1.165, 1.54) is 12.8 Å². The van der Waals surface area contributed by atoms with Gasteiger partial charge in [-0.05, 0) is 54.8 Å². The molecule has 142 valence electrons. The summed E-state index contributed by atoms with van der Waals surface area (Å²) < 4.78 is 10.1. The minimum absolute atomic E-state index is 0.332. The molecule has 0 aromatic heterocycles. The molecule has 2 aromatic rings. The number of anilines is 2. The SMILES string of the molecule is COCc1cccc(C(=O)OCC(=O)Nc2ccc(N3CCCC3)cc2)c1. The van der Waals surface area contributed by atoms with Gasteiger partial charge in [0.25, 0.3) is 5.91 Å². The second kappa shape index (κ2) is 9.19. The first-order valence-corrected chi connectivity index (χ1v) is 9.05. The van der Waals surface area contributed by atoms with Gasteiger partial charge in [0.15, 0.2) is 6.61 Å². The van der Waals surface area contributed by atoms with Crippen LogP contribution in [0.3, 0.4) is 0 Å². The molecule has 1 fully saturated rings. The van der Waals surface area contributed by atoms with Crippen LogP contribution in [-0.4, -0.2) is 38.7 Å². The zero-order valence-electron chi connectivity index (χ0n) is 15.4. The standard InChI is InChI=1S/C21H24N2O4/c1-26-14-16-5-4-6-17(13-16)21(25)27-15-20(24)22-18-7-9-19(10-8-18)23-11-2-3-12-23/h4-10,13H,2-3,11-12,14-15H2,1H3,(H,22,24). The maximum absolute atomic E-state index is 12.1. The molecule has 3 rings (SSSR count). The summed E-state index contributed by atoms with van der Waals surface area (Å²) in [6.07, 6.45) is 2.44. The lowest BCUT2D eigenvalue weighted by atomic mass is 10.1. The molecule has 0 radical (unpaired) electrons. The van der Waals surface area contributed by atoms with Crippen molar-refractivity contribution in [2.24, 2.45) is 0 Å². The minimum atomic E-state index is -0.535. The Bertz CT molecular complexity index is 783. The van der Waals surface area contributed by atoms with Crippen molar-refractivity contribution in [1.29, 1.82) is 0 Å². The summed E-state index contributed by atoms with van der Waals surface area (Å²) in [7, 11) is 1.59. The van der Waals surface area contributed by atoms with E-state index >= 15 is 0 Å². The summed E-state index contributed by atoms with van der Waals surface area (Å²) in [5.41, 5.74) is 3.11. The zero-order valence-corrected chi connectivity index (χ0v) is 15.4. The Labute approximate surface area is 159 Å². The normalized spacial score (nSPS) is 13.4. The maximum atomic E-state index is 12.1. The third kappa shape index (κ3) is 5.31. The molecule has 6 heteroatoms. The van der Waals surface area contributed by atoms with Crippen molar-refractivity contribution >= 4 is 23.3 Å². The number of carbonyl (C=O) groups is 2. The first-order chi connectivity index (χ1) is 13.2. The molecule has 2 aromatic carbocycles. The Kier molecular flexibility index (Phi) is 6.44. The molecule has 0 unspecified atom stereocenters. The Balaban J connectivity index is 1.49. The van der Waals surface area contributed by atoms with Crippen molar-refractivity contribution < 1.29 is 19.1 Å². The molecule has 6 nitrogen and oxygen atoms in total. The molecule has 1 N–H and O–H groups in total. The fraction of sp³-hybridized carbons (Fsp3) is 0.333. The average molecular weight is 368 g/mol. The molecule has 0 atom stereocenters. The smallest absolute Gasteiger partial charge is 0.338 e. The highest BCUT2D eigenvalue weighted by atomic mass is 16.5. The Morgan fingerprint density at radius 1 is 1.07 bits per heavy atom. The predicted octanol–water partition coefficient (Wildman–Crippen LogP) is 3.23. The molecule has 0 spiro atoms. The summed E-state index contributed by atoms with van der Waals surface area (Å²) >= 11 is 0. The second-order valence-electron chi connectivity index (χ2n) is 6.50. The number of ether oxygens (including phenoxy) is 2. The van der Waals surface area contributed by atoms with Crippen LogP contribution in [0.5, 0.6) is 0 Å². The van der Waals surface area contributed by atoms with E-state index in [9.17, 15) is 9.59 Å². The Hall–Kier alpha value is -2.86. The molecule has 1 aliphatic heterocycles. The number of rotatable bonds is 7. The van der Waals surface area contributed by atoms with Crippen LogP contribution in [0.1, 0.15) is 28.8 Å². The van der Waals surface area contributed by atoms with Crippen LogP contribution < -0.4 is 10.2 Å². The fourth-order valence-corrected chi connectivity index (χ4v) is 3.10. The van der Waals surface area contributed by atoms with Crippen LogP contribution in [0, 0.1) is 0 Å². The van der Waals surface area contributed by atoms with Crippen molar-refractivity contribution in [3.8, 4) is 0 Å². The van der Waals surface area contributed by atoms with Gasteiger partial charge < -0.3 is 19.7 Å². The van der Waals surface area contributed by atoms with Crippen molar-refractivity contribution in [3.05, 3.63) is 59.7 Å². The highest BCUT2D eigenvalue weighted by Gasteiger charge is 2.13. The Morgan fingerprint density at radius 3 is 2.52 bits per heavy atom. The van der Waals surface area contributed by atoms with Crippen molar-refractivity contribution in [2.75, 3.05) is 37.0 Å². The molecular formula is C21H24N2O4. The van der Waals surface area contributed by atoms with Gasteiger partial charge in [0.05, 0.1) is 12.2 Å². The number of benzene rings is 2. The molecular weight excluding hydrogens is 344 g/mol. The van der Waals surface area contributed by atoms with E-state index in [1.54, 1.807) is 25.3 Å². The van der Waals surface area contributed by atoms with E-state index in [0.717, 1.165) is 24.3 Å². The number of methoxy groups -OCH3 is 1. The summed E-state index contributed by atoms with van der Waals surface area (Å²) in [5.74, 6) is -0.905. The second-order valence-corrected chi connectivity index (χ2v) is 6.50. The number of nitrogens with zero attached hydrogens (tertiary/aromatic N) is 1. The van der Waals surface area contributed by atoms with Crippen molar-refractivity contribution in [3.63, 3.8) is 0 Å². The Morgan fingerprint density at radius 2 is 1.81 bits per heavy atom. The van der Waals surface area contributed by atoms with Crippen LogP contribution in [0.2, 0.25) is 0 Å². The van der Waals surface area contributed by atoms with Crippen LogP contribution in [0.4, 0.5) is 11.4 Å². The van der Waals surface area contributed by atoms with Gasteiger partial charge in [-0.1, -0.05) is 12.1 Å². The molecule has 1 amide bonds. The quantitative estimate of drug-likeness (QED) is 0.760. The largest absolute Gasteiger partial charge is 0.452 e. The first-order valence-electron chi connectivity index (χ1n) is 9.05. The highest BCUT2D eigenvalue weighted by Crippen LogP contribution is 2.22. The van der Waals surface area contributed by atoms with E-state index < -0.39 is 5.97 Å². The molecule has 1 saturated heterocycles. The van der Waals surface area contributed by atoms with Crippen molar-refractivity contribution in [1.82, 2.24) is 0 Å². The number of hydrogen-bond acceptors (Lipinski definition) is 5. The number of nitrogens with one attached hydrogen (secondary N) is 1. The van der Waals surface area contributed by atoms with E-state index in [4.69, 9.17) is 9.47 Å². The molecule has 27 heavy (non-hydrogen) atoms. The highest BCUT2D eigenvalue weighted by molar-refractivity contribution is 5.95. The van der Waals surface area contributed by atoms with E-state index in [-0.39, 0.29) is 12.5 Å². The molecule has 0 aliphatic carbocycles. The van der Waals surface area contributed by atoms with Gasteiger partial charge in [-0.15, -0.1) is 0 Å². The van der Waals surface area contributed by atoms with Crippen LogP contribution in [0.15, 0.2) is 48.5 Å². The molecule has 0 bridgehead atoms. The third-order valence-corrected chi connectivity index (χ3v) is 4.43. The lowest BCUT2D eigenvalue weighted by molar-refractivity contribution is -0.119. The fourth-order valence-electron chi connectivity index (χ4n) is 3.10. The molecule has 0 saturated carbocycles. The van der Waals surface area contributed by atoms with Gasteiger partial charge in [0.2, 0.25) is 0 Å². The first kappa shape index (κ1) is 18.9. The van der Waals surface area contributed by atoms with Crippen molar-refractivity contribution in [2.45, 2.75) is 19.4 Å². The van der Waals surface area contributed by atoms with E-state index in [1.807, 2.05) is 30.3 Å². The number of amides is 1.